The number of sulfone groups is 1. The minimum Gasteiger partial charge on any atom is -0.289 e. The first kappa shape index (κ1) is 17.0. The summed E-state index contributed by atoms with van der Waals surface area (Å²) in [6.45, 7) is 0.936. The SMILES string of the molecule is O=S1(=O)C(C2=CC3CCCC(C2)N3Cc2ccccc2)=Cc2ccccc21. The zero-order chi connectivity index (χ0) is 18.4. The highest BCUT2D eigenvalue weighted by Crippen LogP contribution is 2.43. The lowest BCUT2D eigenvalue weighted by atomic mass is 9.84. The Labute approximate surface area is 160 Å². The molecule has 3 heterocycles. The van der Waals surface area contributed by atoms with Crippen molar-refractivity contribution in [2.45, 2.75) is 49.2 Å². The van der Waals surface area contributed by atoms with Crippen LogP contribution in [0, 0.1) is 0 Å². The standard InChI is InChI=1S/C23H23NO2S/c25-27(26)22-12-5-4-9-18(22)15-23(27)19-13-20-10-6-11-21(14-19)24(20)16-17-7-2-1-3-8-17/h1-5,7-9,12-13,15,20-21H,6,10-11,14,16H2. The van der Waals surface area contributed by atoms with Crippen LogP contribution in [0.25, 0.3) is 6.08 Å². The summed E-state index contributed by atoms with van der Waals surface area (Å²) < 4.78 is 26.1. The third-order valence-corrected chi connectivity index (χ3v) is 8.00. The van der Waals surface area contributed by atoms with Crippen LogP contribution >= 0.6 is 0 Å². The van der Waals surface area contributed by atoms with Crippen molar-refractivity contribution >= 4 is 15.9 Å². The Bertz CT molecular complexity index is 1040. The van der Waals surface area contributed by atoms with Gasteiger partial charge in [0.2, 0.25) is 9.84 Å². The predicted octanol–water partition coefficient (Wildman–Crippen LogP) is 4.57. The fraction of sp³-hybridized carbons (Fsp3) is 0.304. The molecule has 0 saturated carbocycles. The first-order valence-corrected chi connectivity index (χ1v) is 11.2. The maximum atomic E-state index is 13.1. The molecule has 3 nitrogen and oxygen atoms in total. The quantitative estimate of drug-likeness (QED) is 0.786. The van der Waals surface area contributed by atoms with Crippen molar-refractivity contribution in [1.29, 1.82) is 0 Å². The molecular weight excluding hydrogens is 354 g/mol. The van der Waals surface area contributed by atoms with Gasteiger partial charge in [-0.2, -0.15) is 0 Å². The van der Waals surface area contributed by atoms with Gasteiger partial charge in [0.1, 0.15) is 0 Å². The molecule has 5 rings (SSSR count). The van der Waals surface area contributed by atoms with E-state index in [0.29, 0.717) is 21.9 Å². The van der Waals surface area contributed by atoms with E-state index in [2.05, 4.69) is 35.2 Å². The number of nitrogens with zero attached hydrogens (tertiary/aromatic N) is 1. The fourth-order valence-corrected chi connectivity index (χ4v) is 6.50. The zero-order valence-corrected chi connectivity index (χ0v) is 16.0. The molecule has 2 aromatic carbocycles. The normalized spacial score (nSPS) is 26.2. The molecule has 2 bridgehead atoms. The average Bonchev–Trinajstić information content (AvgIpc) is 2.94. The summed E-state index contributed by atoms with van der Waals surface area (Å²) in [5.74, 6) is 0. The number of piperidine rings is 1. The summed E-state index contributed by atoms with van der Waals surface area (Å²) in [5, 5.41) is 0. The summed E-state index contributed by atoms with van der Waals surface area (Å²) in [5.41, 5.74) is 3.17. The second-order valence-corrected chi connectivity index (χ2v) is 9.64. The van der Waals surface area contributed by atoms with Gasteiger partial charge in [-0.3, -0.25) is 4.90 Å². The second kappa shape index (κ2) is 6.47. The van der Waals surface area contributed by atoms with Crippen molar-refractivity contribution in [3.63, 3.8) is 0 Å². The van der Waals surface area contributed by atoms with Crippen LogP contribution in [0.2, 0.25) is 0 Å². The molecule has 27 heavy (non-hydrogen) atoms. The fourth-order valence-electron chi connectivity index (χ4n) is 4.79. The number of allylic oxidation sites excluding steroid dienone is 1. The Morgan fingerprint density at radius 3 is 2.52 bits per heavy atom. The van der Waals surface area contributed by atoms with Crippen LogP contribution in [-0.2, 0) is 16.4 Å². The van der Waals surface area contributed by atoms with Crippen molar-refractivity contribution < 1.29 is 8.42 Å². The van der Waals surface area contributed by atoms with Gasteiger partial charge in [0.25, 0.3) is 0 Å². The lowest BCUT2D eigenvalue weighted by molar-refractivity contribution is 0.0896. The van der Waals surface area contributed by atoms with Crippen LogP contribution < -0.4 is 0 Å². The van der Waals surface area contributed by atoms with Gasteiger partial charge in [-0.1, -0.05) is 61.0 Å². The minimum atomic E-state index is -3.38. The lowest BCUT2D eigenvalue weighted by Crippen LogP contribution is -2.48. The molecule has 0 amide bonds. The van der Waals surface area contributed by atoms with Crippen LogP contribution in [-0.4, -0.2) is 25.4 Å². The molecule has 2 atom stereocenters. The van der Waals surface area contributed by atoms with Crippen LogP contribution in [0.15, 0.2) is 76.0 Å². The molecule has 1 fully saturated rings. The van der Waals surface area contributed by atoms with Crippen LogP contribution in [0.5, 0.6) is 0 Å². The molecule has 0 aromatic heterocycles. The van der Waals surface area contributed by atoms with Crippen molar-refractivity contribution in [3.8, 4) is 0 Å². The molecule has 1 saturated heterocycles. The van der Waals surface area contributed by atoms with E-state index in [9.17, 15) is 8.42 Å². The van der Waals surface area contributed by atoms with Gasteiger partial charge in [0.15, 0.2) is 0 Å². The zero-order valence-electron chi connectivity index (χ0n) is 15.2. The van der Waals surface area contributed by atoms with Crippen molar-refractivity contribution in [1.82, 2.24) is 4.90 Å². The average molecular weight is 378 g/mol. The van der Waals surface area contributed by atoms with Crippen LogP contribution in [0.3, 0.4) is 0 Å². The molecular formula is C23H23NO2S. The van der Waals surface area contributed by atoms with Crippen molar-refractivity contribution in [3.05, 3.63) is 82.3 Å². The molecule has 3 aliphatic rings. The molecule has 0 aliphatic carbocycles. The Kier molecular flexibility index (Phi) is 4.06. The Morgan fingerprint density at radius 1 is 0.963 bits per heavy atom. The third kappa shape index (κ3) is 2.88. The van der Waals surface area contributed by atoms with Gasteiger partial charge in [-0.05, 0) is 48.1 Å². The monoisotopic (exact) mass is 377 g/mol. The van der Waals surface area contributed by atoms with Gasteiger partial charge >= 0.3 is 0 Å². The van der Waals surface area contributed by atoms with E-state index < -0.39 is 9.84 Å². The van der Waals surface area contributed by atoms with E-state index in [4.69, 9.17) is 0 Å². The maximum absolute atomic E-state index is 13.1. The molecule has 138 valence electrons. The largest absolute Gasteiger partial charge is 0.289 e. The van der Waals surface area contributed by atoms with Crippen LogP contribution in [0.4, 0.5) is 0 Å². The topological polar surface area (TPSA) is 37.4 Å². The minimum absolute atomic E-state index is 0.326. The highest BCUT2D eigenvalue weighted by molar-refractivity contribution is 7.96. The Hall–Kier alpha value is -2.17. The number of hydrogen-bond donors (Lipinski definition) is 0. The van der Waals surface area contributed by atoms with E-state index in [1.54, 1.807) is 12.1 Å². The molecule has 4 heteroatoms. The molecule has 2 aromatic rings. The number of benzene rings is 2. The Balaban J connectivity index is 1.48. The van der Waals surface area contributed by atoms with Gasteiger partial charge < -0.3 is 0 Å². The third-order valence-electron chi connectivity index (χ3n) is 6.09. The summed E-state index contributed by atoms with van der Waals surface area (Å²) in [6.07, 6.45) is 8.39. The van der Waals surface area contributed by atoms with Gasteiger partial charge in [-0.25, -0.2) is 8.42 Å². The molecule has 2 unspecified atom stereocenters. The van der Waals surface area contributed by atoms with Crippen molar-refractivity contribution in [2.75, 3.05) is 0 Å². The van der Waals surface area contributed by atoms with E-state index in [1.165, 1.54) is 12.0 Å². The van der Waals surface area contributed by atoms with E-state index in [0.717, 1.165) is 36.9 Å². The first-order chi connectivity index (χ1) is 13.1. The molecule has 3 aliphatic heterocycles. The summed E-state index contributed by atoms with van der Waals surface area (Å²) in [6, 6.07) is 18.6. The van der Waals surface area contributed by atoms with E-state index >= 15 is 0 Å². The highest BCUT2D eigenvalue weighted by Gasteiger charge is 2.39. The number of hydrogen-bond acceptors (Lipinski definition) is 3. The van der Waals surface area contributed by atoms with Crippen LogP contribution in [0.1, 0.15) is 36.8 Å². The summed E-state index contributed by atoms with van der Waals surface area (Å²) >= 11 is 0. The van der Waals surface area contributed by atoms with E-state index in [1.807, 2.05) is 24.3 Å². The number of fused-ring (bicyclic) bond motifs is 3. The predicted molar refractivity (Wildman–Crippen MR) is 108 cm³/mol. The lowest BCUT2D eigenvalue weighted by Gasteiger charge is -2.45. The van der Waals surface area contributed by atoms with Gasteiger partial charge in [0.05, 0.1) is 9.80 Å². The second-order valence-electron chi connectivity index (χ2n) is 7.76. The maximum Gasteiger partial charge on any atom is 0.207 e. The van der Waals surface area contributed by atoms with Gasteiger partial charge in [-0.15, -0.1) is 0 Å². The summed E-state index contributed by atoms with van der Waals surface area (Å²) in [4.78, 5) is 3.55. The smallest absolute Gasteiger partial charge is 0.207 e. The Morgan fingerprint density at radius 2 is 1.74 bits per heavy atom. The highest BCUT2D eigenvalue weighted by atomic mass is 32.2. The van der Waals surface area contributed by atoms with Crippen molar-refractivity contribution in [2.24, 2.45) is 0 Å². The first-order valence-electron chi connectivity index (χ1n) is 9.69. The van der Waals surface area contributed by atoms with E-state index in [-0.39, 0.29) is 0 Å². The number of rotatable bonds is 3. The molecule has 0 spiro atoms. The molecule has 0 radical (unpaired) electrons. The summed E-state index contributed by atoms with van der Waals surface area (Å²) in [7, 11) is -3.38. The molecule has 0 N–H and O–H groups in total. The van der Waals surface area contributed by atoms with Gasteiger partial charge in [0, 0.05) is 18.6 Å².